The minimum Gasteiger partial charge on any atom is -0.375 e. The SMILES string of the molecule is O=C1CC(Nc2c(F)c(F)c(F)c(F)c2F)CN1. The zero-order valence-corrected chi connectivity index (χ0v) is 8.79. The fraction of sp³-hybridized carbons (Fsp3) is 0.300. The molecule has 98 valence electrons. The number of nitrogens with one attached hydrogen (secondary N) is 2. The molecule has 0 bridgehead atoms. The first-order valence-electron chi connectivity index (χ1n) is 4.96. The van der Waals surface area contributed by atoms with Crippen molar-refractivity contribution >= 4 is 11.6 Å². The van der Waals surface area contributed by atoms with Gasteiger partial charge in [0.15, 0.2) is 23.3 Å². The standard InChI is InChI=1S/C10H7F5N2O/c11-5-6(12)8(14)10(9(15)7(5)13)17-3-1-4(18)16-2-3/h3,17H,1-2H2,(H,16,18). The number of hydrogen-bond donors (Lipinski definition) is 2. The molecule has 1 unspecified atom stereocenters. The second-order valence-corrected chi connectivity index (χ2v) is 3.79. The van der Waals surface area contributed by atoms with Crippen LogP contribution in [-0.4, -0.2) is 18.5 Å². The molecule has 1 amide bonds. The molecule has 2 N–H and O–H groups in total. The van der Waals surface area contributed by atoms with Crippen molar-refractivity contribution in [3.8, 4) is 0 Å². The van der Waals surface area contributed by atoms with Crippen LogP contribution in [-0.2, 0) is 4.79 Å². The number of amides is 1. The Morgan fingerprint density at radius 1 is 0.944 bits per heavy atom. The summed E-state index contributed by atoms with van der Waals surface area (Å²) in [5, 5.41) is 4.50. The highest BCUT2D eigenvalue weighted by Gasteiger charge is 2.29. The van der Waals surface area contributed by atoms with E-state index in [-0.39, 0.29) is 18.9 Å². The second-order valence-electron chi connectivity index (χ2n) is 3.79. The lowest BCUT2D eigenvalue weighted by atomic mass is 10.2. The summed E-state index contributed by atoms with van der Waals surface area (Å²) >= 11 is 0. The van der Waals surface area contributed by atoms with Gasteiger partial charge in [0.05, 0.1) is 6.04 Å². The van der Waals surface area contributed by atoms with Crippen molar-refractivity contribution in [3.05, 3.63) is 29.1 Å². The van der Waals surface area contributed by atoms with E-state index in [4.69, 9.17) is 0 Å². The molecular formula is C10H7F5N2O. The van der Waals surface area contributed by atoms with Gasteiger partial charge in [-0.1, -0.05) is 0 Å². The van der Waals surface area contributed by atoms with Gasteiger partial charge in [-0.2, -0.15) is 0 Å². The predicted octanol–water partition coefficient (Wildman–Crippen LogP) is 1.68. The van der Waals surface area contributed by atoms with Gasteiger partial charge < -0.3 is 10.6 Å². The van der Waals surface area contributed by atoms with Crippen molar-refractivity contribution in [1.29, 1.82) is 0 Å². The molecule has 1 aliphatic heterocycles. The molecule has 0 aromatic heterocycles. The number of rotatable bonds is 2. The normalized spacial score (nSPS) is 18.9. The Kier molecular flexibility index (Phi) is 3.10. The Morgan fingerprint density at radius 2 is 1.44 bits per heavy atom. The van der Waals surface area contributed by atoms with Gasteiger partial charge in [0.1, 0.15) is 5.69 Å². The monoisotopic (exact) mass is 266 g/mol. The first-order valence-corrected chi connectivity index (χ1v) is 4.96. The van der Waals surface area contributed by atoms with Crippen molar-refractivity contribution in [2.24, 2.45) is 0 Å². The summed E-state index contributed by atoms with van der Waals surface area (Å²) in [6, 6.07) is -0.717. The van der Waals surface area contributed by atoms with Gasteiger partial charge in [0, 0.05) is 13.0 Å². The van der Waals surface area contributed by atoms with Crippen LogP contribution >= 0.6 is 0 Å². The molecule has 3 nitrogen and oxygen atoms in total. The van der Waals surface area contributed by atoms with Crippen LogP contribution in [0, 0.1) is 29.1 Å². The third-order valence-electron chi connectivity index (χ3n) is 2.54. The molecule has 18 heavy (non-hydrogen) atoms. The predicted molar refractivity (Wildman–Crippen MR) is 51.3 cm³/mol. The minimum absolute atomic E-state index is 0.0539. The molecule has 1 saturated heterocycles. The van der Waals surface area contributed by atoms with Gasteiger partial charge in [-0.05, 0) is 0 Å². The number of benzene rings is 1. The number of hydrogen-bond acceptors (Lipinski definition) is 2. The molecule has 1 heterocycles. The summed E-state index contributed by atoms with van der Waals surface area (Å²) in [7, 11) is 0. The molecule has 8 heteroatoms. The lowest BCUT2D eigenvalue weighted by Crippen LogP contribution is -2.24. The topological polar surface area (TPSA) is 41.1 Å². The molecular weight excluding hydrogens is 259 g/mol. The Labute approximate surface area is 98.0 Å². The average Bonchev–Trinajstić information content (AvgIpc) is 2.75. The lowest BCUT2D eigenvalue weighted by Gasteiger charge is -2.14. The van der Waals surface area contributed by atoms with E-state index in [1.54, 1.807) is 0 Å². The molecule has 1 atom stereocenters. The molecule has 0 aliphatic carbocycles. The van der Waals surface area contributed by atoms with Crippen LogP contribution in [0.1, 0.15) is 6.42 Å². The van der Waals surface area contributed by atoms with Crippen molar-refractivity contribution in [2.75, 3.05) is 11.9 Å². The third-order valence-corrected chi connectivity index (χ3v) is 2.54. The Balaban J connectivity index is 2.36. The minimum atomic E-state index is -2.21. The van der Waals surface area contributed by atoms with Gasteiger partial charge in [-0.25, -0.2) is 22.0 Å². The van der Waals surface area contributed by atoms with Crippen LogP contribution in [0.5, 0.6) is 0 Å². The molecule has 1 fully saturated rings. The van der Waals surface area contributed by atoms with Gasteiger partial charge in [0.2, 0.25) is 11.7 Å². The number of carbonyl (C=O) groups excluding carboxylic acids is 1. The van der Waals surface area contributed by atoms with Crippen LogP contribution in [0.15, 0.2) is 0 Å². The van der Waals surface area contributed by atoms with Gasteiger partial charge >= 0.3 is 0 Å². The maximum absolute atomic E-state index is 13.3. The highest BCUT2D eigenvalue weighted by molar-refractivity contribution is 5.79. The first kappa shape index (κ1) is 12.6. The number of halogens is 5. The van der Waals surface area contributed by atoms with E-state index in [1.807, 2.05) is 0 Å². The van der Waals surface area contributed by atoms with Crippen LogP contribution in [0.2, 0.25) is 0 Å². The van der Waals surface area contributed by atoms with Crippen LogP contribution in [0.25, 0.3) is 0 Å². The van der Waals surface area contributed by atoms with E-state index < -0.39 is 40.8 Å². The smallest absolute Gasteiger partial charge is 0.222 e. The van der Waals surface area contributed by atoms with Gasteiger partial charge in [-0.15, -0.1) is 0 Å². The highest BCUT2D eigenvalue weighted by Crippen LogP contribution is 2.28. The molecule has 0 spiro atoms. The highest BCUT2D eigenvalue weighted by atomic mass is 19.2. The van der Waals surface area contributed by atoms with Gasteiger partial charge in [0.25, 0.3) is 0 Å². The maximum atomic E-state index is 13.3. The molecule has 1 aromatic rings. The number of anilines is 1. The van der Waals surface area contributed by atoms with E-state index in [1.165, 1.54) is 0 Å². The molecule has 1 aromatic carbocycles. The summed E-state index contributed by atoms with van der Waals surface area (Å²) in [5.41, 5.74) is -1.12. The summed E-state index contributed by atoms with van der Waals surface area (Å²) in [4.78, 5) is 10.9. The summed E-state index contributed by atoms with van der Waals surface area (Å²) in [5.74, 6) is -10.5. The summed E-state index contributed by atoms with van der Waals surface area (Å²) in [6.07, 6.45) is -0.0977. The second kappa shape index (κ2) is 4.43. The fourth-order valence-corrected chi connectivity index (χ4v) is 1.64. The van der Waals surface area contributed by atoms with Crippen LogP contribution in [0.3, 0.4) is 0 Å². The van der Waals surface area contributed by atoms with Crippen molar-refractivity contribution in [3.63, 3.8) is 0 Å². The fourth-order valence-electron chi connectivity index (χ4n) is 1.64. The number of carbonyl (C=O) groups is 1. The van der Waals surface area contributed by atoms with Crippen molar-refractivity contribution in [1.82, 2.24) is 5.32 Å². The van der Waals surface area contributed by atoms with Crippen molar-refractivity contribution in [2.45, 2.75) is 12.5 Å². The molecule has 0 saturated carbocycles. The molecule has 0 radical (unpaired) electrons. The molecule has 1 aliphatic rings. The Bertz CT molecular complexity index is 490. The van der Waals surface area contributed by atoms with E-state index in [0.29, 0.717) is 0 Å². The summed E-state index contributed by atoms with van der Waals surface area (Å²) < 4.78 is 65.0. The van der Waals surface area contributed by atoms with Crippen LogP contribution in [0.4, 0.5) is 27.6 Å². The first-order chi connectivity index (χ1) is 8.41. The Hall–Kier alpha value is -1.86. The average molecular weight is 266 g/mol. The van der Waals surface area contributed by atoms with E-state index in [2.05, 4.69) is 10.6 Å². The third kappa shape index (κ3) is 1.98. The van der Waals surface area contributed by atoms with E-state index >= 15 is 0 Å². The Morgan fingerprint density at radius 3 is 1.89 bits per heavy atom. The van der Waals surface area contributed by atoms with E-state index in [9.17, 15) is 26.7 Å². The zero-order chi connectivity index (χ0) is 13.4. The quantitative estimate of drug-likeness (QED) is 0.486. The molecule has 2 rings (SSSR count). The zero-order valence-electron chi connectivity index (χ0n) is 8.79. The lowest BCUT2D eigenvalue weighted by molar-refractivity contribution is -0.119. The van der Waals surface area contributed by atoms with E-state index in [0.717, 1.165) is 0 Å². The summed E-state index contributed by atoms with van der Waals surface area (Å²) in [6.45, 7) is 0.0539. The maximum Gasteiger partial charge on any atom is 0.222 e. The van der Waals surface area contributed by atoms with Crippen molar-refractivity contribution < 1.29 is 26.7 Å². The van der Waals surface area contributed by atoms with Crippen LogP contribution < -0.4 is 10.6 Å². The largest absolute Gasteiger partial charge is 0.375 e. The van der Waals surface area contributed by atoms with Gasteiger partial charge in [-0.3, -0.25) is 4.79 Å².